The maximum Gasteiger partial charge on any atom is 0.494 e. The van der Waals surface area contributed by atoms with Crippen LogP contribution in [-0.2, 0) is 20.5 Å². The van der Waals surface area contributed by atoms with E-state index in [-0.39, 0.29) is 6.42 Å². The van der Waals surface area contributed by atoms with Gasteiger partial charge in [0.25, 0.3) is 5.91 Å². The lowest BCUT2D eigenvalue weighted by Crippen LogP contribution is -2.42. The van der Waals surface area contributed by atoms with Crippen LogP contribution >= 0.6 is 0 Å². The first-order valence-electron chi connectivity index (χ1n) is 9.83. The molecular weight excluding hydrogens is 407 g/mol. The summed E-state index contributed by atoms with van der Waals surface area (Å²) in [5, 5.41) is 11.8. The first kappa shape index (κ1) is 22.9. The molecule has 0 radical (unpaired) electrons. The van der Waals surface area contributed by atoms with Crippen LogP contribution in [0.25, 0.3) is 0 Å². The van der Waals surface area contributed by atoms with E-state index in [4.69, 9.17) is 9.31 Å². The number of benzene rings is 2. The predicted octanol–water partition coefficient (Wildman–Crippen LogP) is 2.69. The monoisotopic (exact) mass is 431 g/mol. The Morgan fingerprint density at radius 3 is 2.13 bits per heavy atom. The molecule has 0 unspecified atom stereocenters. The molecular formula is C22H24BF2NO5. The smallest absolute Gasteiger partial charge is 0.480 e. The molecule has 1 atom stereocenters. The topological polar surface area (TPSA) is 84.9 Å². The highest BCUT2D eigenvalue weighted by Crippen LogP contribution is 2.36. The maximum atomic E-state index is 13.8. The van der Waals surface area contributed by atoms with E-state index in [1.165, 1.54) is 0 Å². The molecule has 164 valence electrons. The highest BCUT2D eigenvalue weighted by molar-refractivity contribution is 6.62. The highest BCUT2D eigenvalue weighted by atomic mass is 19.1. The first-order chi connectivity index (χ1) is 14.4. The zero-order valence-corrected chi connectivity index (χ0v) is 17.7. The van der Waals surface area contributed by atoms with Gasteiger partial charge in [-0.25, -0.2) is 13.6 Å². The summed E-state index contributed by atoms with van der Waals surface area (Å²) in [6.45, 7) is 7.80. The Bertz CT molecular complexity index is 978. The summed E-state index contributed by atoms with van der Waals surface area (Å²) in [5.74, 6) is -4.09. The molecule has 2 N–H and O–H groups in total. The molecule has 2 aromatic rings. The van der Waals surface area contributed by atoms with Crippen LogP contribution in [0.15, 0.2) is 42.5 Å². The van der Waals surface area contributed by atoms with Crippen LogP contribution in [0.1, 0.15) is 43.6 Å². The summed E-state index contributed by atoms with van der Waals surface area (Å²) in [6.07, 6.45) is -0.0203. The largest absolute Gasteiger partial charge is 0.494 e. The Kier molecular flexibility index (Phi) is 6.20. The van der Waals surface area contributed by atoms with E-state index in [9.17, 15) is 23.5 Å². The zero-order chi connectivity index (χ0) is 23.0. The average Bonchev–Trinajstić information content (AvgIpc) is 2.89. The molecule has 2 aromatic carbocycles. The van der Waals surface area contributed by atoms with Crippen molar-refractivity contribution in [3.63, 3.8) is 0 Å². The van der Waals surface area contributed by atoms with Crippen molar-refractivity contribution in [2.45, 2.75) is 51.4 Å². The quantitative estimate of drug-likeness (QED) is 0.688. The summed E-state index contributed by atoms with van der Waals surface area (Å²) >= 11 is 0. The molecule has 0 aliphatic carbocycles. The van der Waals surface area contributed by atoms with Gasteiger partial charge in [0.2, 0.25) is 0 Å². The molecule has 1 saturated heterocycles. The van der Waals surface area contributed by atoms with Gasteiger partial charge in [0, 0.05) is 12.5 Å². The molecule has 1 aliphatic rings. The minimum atomic E-state index is -1.29. The Hall–Kier alpha value is -2.78. The number of carbonyl (C=O) groups excluding carboxylic acids is 1. The highest BCUT2D eigenvalue weighted by Gasteiger charge is 2.51. The normalized spacial score (nSPS) is 17.9. The molecule has 0 bridgehead atoms. The van der Waals surface area contributed by atoms with Crippen LogP contribution < -0.4 is 10.8 Å². The van der Waals surface area contributed by atoms with Crippen LogP contribution in [0.4, 0.5) is 8.78 Å². The Labute approximate surface area is 179 Å². The van der Waals surface area contributed by atoms with E-state index < -0.39 is 53.4 Å². The van der Waals surface area contributed by atoms with Gasteiger partial charge in [-0.15, -0.1) is 0 Å². The minimum absolute atomic E-state index is 0.0203. The fraction of sp³-hybridized carbons (Fsp3) is 0.364. The van der Waals surface area contributed by atoms with Crippen LogP contribution in [0.5, 0.6) is 0 Å². The van der Waals surface area contributed by atoms with E-state index in [2.05, 4.69) is 5.32 Å². The van der Waals surface area contributed by atoms with Crippen molar-refractivity contribution in [3.05, 3.63) is 65.2 Å². The zero-order valence-electron chi connectivity index (χ0n) is 17.7. The standard InChI is InChI=1S/C22H24BF2NO5/c1-21(2)22(3,4)31-23(30-21)14-7-5-13(6-8-14)11-18(20(28)29)26-19(27)16-10-9-15(24)12-17(16)25/h5-10,12,18H,11H2,1-4H3,(H,26,27)(H,28,29)/t18-/m1/s1. The van der Waals surface area contributed by atoms with Gasteiger partial charge in [-0.2, -0.15) is 0 Å². The average molecular weight is 431 g/mol. The van der Waals surface area contributed by atoms with Crippen molar-refractivity contribution in [1.29, 1.82) is 0 Å². The molecule has 1 heterocycles. The second kappa shape index (κ2) is 8.40. The van der Waals surface area contributed by atoms with Crippen molar-refractivity contribution in [1.82, 2.24) is 5.32 Å². The fourth-order valence-corrected chi connectivity index (χ4v) is 3.14. The third-order valence-corrected chi connectivity index (χ3v) is 5.72. The van der Waals surface area contributed by atoms with Gasteiger partial charge in [0.05, 0.1) is 16.8 Å². The summed E-state index contributed by atoms with van der Waals surface area (Å²) in [7, 11) is -0.546. The fourth-order valence-electron chi connectivity index (χ4n) is 3.14. The van der Waals surface area contributed by atoms with Crippen molar-refractivity contribution < 1.29 is 32.8 Å². The van der Waals surface area contributed by atoms with Gasteiger partial charge in [-0.1, -0.05) is 24.3 Å². The van der Waals surface area contributed by atoms with Gasteiger partial charge in [0.15, 0.2) is 0 Å². The second-order valence-corrected chi connectivity index (χ2v) is 8.52. The lowest BCUT2D eigenvalue weighted by atomic mass is 9.78. The summed E-state index contributed by atoms with van der Waals surface area (Å²) in [4.78, 5) is 23.9. The van der Waals surface area contributed by atoms with Crippen LogP contribution in [-0.4, -0.2) is 41.3 Å². The molecule has 1 fully saturated rings. The third-order valence-electron chi connectivity index (χ3n) is 5.72. The van der Waals surface area contributed by atoms with Crippen molar-refractivity contribution >= 4 is 24.5 Å². The summed E-state index contributed by atoms with van der Waals surface area (Å²) < 4.78 is 38.8. The predicted molar refractivity (Wildman–Crippen MR) is 111 cm³/mol. The number of carbonyl (C=O) groups is 2. The maximum absolute atomic E-state index is 13.8. The number of amides is 1. The number of carboxylic acid groups (broad SMARTS) is 1. The molecule has 31 heavy (non-hydrogen) atoms. The number of rotatable bonds is 6. The van der Waals surface area contributed by atoms with E-state index in [1.807, 2.05) is 27.7 Å². The number of carboxylic acids is 1. The molecule has 6 nitrogen and oxygen atoms in total. The van der Waals surface area contributed by atoms with Crippen LogP contribution in [0.3, 0.4) is 0 Å². The summed E-state index contributed by atoms with van der Waals surface area (Å²) in [6, 6.07) is 8.18. The van der Waals surface area contributed by atoms with Crippen molar-refractivity contribution in [2.75, 3.05) is 0 Å². The van der Waals surface area contributed by atoms with Gasteiger partial charge in [-0.3, -0.25) is 4.79 Å². The number of nitrogens with one attached hydrogen (secondary N) is 1. The Morgan fingerprint density at radius 1 is 1.03 bits per heavy atom. The molecule has 1 aliphatic heterocycles. The molecule has 0 aromatic heterocycles. The lowest BCUT2D eigenvalue weighted by molar-refractivity contribution is -0.139. The Balaban J connectivity index is 1.69. The van der Waals surface area contributed by atoms with Gasteiger partial charge >= 0.3 is 13.1 Å². The first-order valence-corrected chi connectivity index (χ1v) is 9.83. The second-order valence-electron chi connectivity index (χ2n) is 8.52. The minimum Gasteiger partial charge on any atom is -0.480 e. The summed E-state index contributed by atoms with van der Waals surface area (Å²) in [5.41, 5.74) is 0.0398. The number of hydrogen-bond acceptors (Lipinski definition) is 4. The molecule has 0 saturated carbocycles. The van der Waals surface area contributed by atoms with E-state index >= 15 is 0 Å². The molecule has 0 spiro atoms. The molecule has 1 amide bonds. The number of aliphatic carboxylic acids is 1. The number of hydrogen-bond donors (Lipinski definition) is 2. The van der Waals surface area contributed by atoms with E-state index in [0.717, 1.165) is 17.6 Å². The van der Waals surface area contributed by atoms with Crippen molar-refractivity contribution in [3.8, 4) is 0 Å². The Morgan fingerprint density at radius 2 is 1.61 bits per heavy atom. The lowest BCUT2D eigenvalue weighted by Gasteiger charge is -2.32. The third kappa shape index (κ3) is 4.94. The SMILES string of the molecule is CC1(C)OB(c2ccc(C[C@@H](NC(=O)c3ccc(F)cc3F)C(=O)O)cc2)OC1(C)C. The number of halogens is 2. The van der Waals surface area contributed by atoms with E-state index in [1.54, 1.807) is 24.3 Å². The van der Waals surface area contributed by atoms with Gasteiger partial charge in [0.1, 0.15) is 17.7 Å². The van der Waals surface area contributed by atoms with Crippen LogP contribution in [0.2, 0.25) is 0 Å². The van der Waals surface area contributed by atoms with Crippen molar-refractivity contribution in [2.24, 2.45) is 0 Å². The van der Waals surface area contributed by atoms with E-state index in [0.29, 0.717) is 11.6 Å². The molecule has 3 rings (SSSR count). The molecule has 9 heteroatoms. The van der Waals surface area contributed by atoms with Gasteiger partial charge in [-0.05, 0) is 50.9 Å². The van der Waals surface area contributed by atoms with Crippen LogP contribution in [0, 0.1) is 11.6 Å². The van der Waals surface area contributed by atoms with Gasteiger partial charge < -0.3 is 19.7 Å².